The van der Waals surface area contributed by atoms with Crippen molar-refractivity contribution in [2.75, 3.05) is 17.6 Å². The summed E-state index contributed by atoms with van der Waals surface area (Å²) in [5.41, 5.74) is 1.32. The van der Waals surface area contributed by atoms with Crippen LogP contribution in [-0.4, -0.2) is 17.5 Å². The van der Waals surface area contributed by atoms with Gasteiger partial charge in [0, 0.05) is 15.9 Å². The maximum atomic E-state index is 6.23. The molecule has 1 aliphatic heterocycles. The van der Waals surface area contributed by atoms with E-state index < -0.39 is 0 Å². The first-order valence-corrected chi connectivity index (χ1v) is 8.92. The van der Waals surface area contributed by atoms with Crippen LogP contribution in [0.2, 0.25) is 5.02 Å². The minimum atomic E-state index is 0.381. The molecule has 0 bridgehead atoms. The minimum absolute atomic E-state index is 0.381. The highest BCUT2D eigenvalue weighted by atomic mass is 127. The molecule has 2 rings (SSSR count). The summed E-state index contributed by atoms with van der Waals surface area (Å²) in [6, 6.07) is 6.01. The summed E-state index contributed by atoms with van der Waals surface area (Å²) in [4.78, 5) is 4.69. The number of aliphatic imine (C=N–C) groups is 1. The van der Waals surface area contributed by atoms with Crippen LogP contribution in [0.15, 0.2) is 23.2 Å². The largest absolute Gasteiger partial charge is 0.334 e. The molecule has 0 fully saturated rings. The first kappa shape index (κ1) is 15.4. The van der Waals surface area contributed by atoms with Gasteiger partial charge in [-0.25, -0.2) is 0 Å². The molecule has 0 saturated heterocycles. The van der Waals surface area contributed by atoms with Crippen molar-refractivity contribution in [3.05, 3.63) is 26.8 Å². The van der Waals surface area contributed by atoms with Gasteiger partial charge in [-0.2, -0.15) is 0 Å². The Bertz CT molecular complexity index is 486. The molecule has 0 atom stereocenters. The van der Waals surface area contributed by atoms with Crippen molar-refractivity contribution in [3.63, 3.8) is 0 Å². The number of hydrogen-bond donors (Lipinski definition) is 1. The maximum Gasteiger partial charge on any atom is 0.161 e. The van der Waals surface area contributed by atoms with Crippen molar-refractivity contribution in [2.45, 2.75) is 26.7 Å². The van der Waals surface area contributed by atoms with E-state index in [2.05, 4.69) is 41.8 Å². The third-order valence-electron chi connectivity index (χ3n) is 3.75. The Balaban J connectivity index is 2.07. The number of halogens is 2. The van der Waals surface area contributed by atoms with Crippen LogP contribution in [0.4, 0.5) is 5.69 Å². The lowest BCUT2D eigenvalue weighted by molar-refractivity contribution is 0.318. The van der Waals surface area contributed by atoms with E-state index in [1.807, 2.05) is 18.2 Å². The molecule has 0 radical (unpaired) electrons. The van der Waals surface area contributed by atoms with Crippen LogP contribution in [-0.2, 0) is 0 Å². The van der Waals surface area contributed by atoms with Gasteiger partial charge in [-0.1, -0.05) is 37.2 Å². The van der Waals surface area contributed by atoms with Gasteiger partial charge in [-0.15, -0.1) is 0 Å². The predicted octanol–water partition coefficient (Wildman–Crippen LogP) is 5.27. The molecule has 1 aromatic rings. The fourth-order valence-electron chi connectivity index (χ4n) is 2.01. The van der Waals surface area contributed by atoms with E-state index in [-0.39, 0.29) is 0 Å². The second-order valence-electron chi connectivity index (χ2n) is 4.87. The Labute approximate surface area is 137 Å². The summed E-state index contributed by atoms with van der Waals surface area (Å²) in [6.07, 6.45) is 2.38. The normalized spacial score (nSPS) is 18.0. The van der Waals surface area contributed by atoms with Crippen molar-refractivity contribution >= 4 is 56.8 Å². The number of nitrogens with zero attached hydrogens (tertiary/aromatic N) is 1. The Morgan fingerprint density at radius 1 is 1.42 bits per heavy atom. The van der Waals surface area contributed by atoms with Gasteiger partial charge in [-0.05, 0) is 59.0 Å². The zero-order valence-corrected chi connectivity index (χ0v) is 14.9. The van der Waals surface area contributed by atoms with Gasteiger partial charge in [0.15, 0.2) is 5.17 Å². The Morgan fingerprint density at radius 2 is 2.16 bits per heavy atom. The zero-order valence-electron chi connectivity index (χ0n) is 11.2. The van der Waals surface area contributed by atoms with Crippen LogP contribution in [0.1, 0.15) is 26.7 Å². The van der Waals surface area contributed by atoms with E-state index in [9.17, 15) is 0 Å². The molecule has 104 valence electrons. The van der Waals surface area contributed by atoms with E-state index >= 15 is 0 Å². The highest BCUT2D eigenvalue weighted by molar-refractivity contribution is 14.1. The standard InChI is InChI=1S/C14H18ClIN2S/c1-3-14(4-2)8-17-13(19-9-14)18-12-6-5-10(16)7-11(12)15/h5-7H,3-4,8-9H2,1-2H3,(H,17,18). The Morgan fingerprint density at radius 3 is 2.68 bits per heavy atom. The smallest absolute Gasteiger partial charge is 0.161 e. The number of benzene rings is 1. The minimum Gasteiger partial charge on any atom is -0.334 e. The van der Waals surface area contributed by atoms with Crippen LogP contribution < -0.4 is 5.32 Å². The summed E-state index contributed by atoms with van der Waals surface area (Å²) >= 11 is 10.3. The van der Waals surface area contributed by atoms with E-state index in [0.717, 1.165) is 31.7 Å². The molecule has 1 heterocycles. The van der Waals surface area contributed by atoms with Crippen LogP contribution in [0.25, 0.3) is 0 Å². The number of thioether (sulfide) groups is 1. The Kier molecular flexibility index (Phi) is 5.43. The lowest BCUT2D eigenvalue weighted by atomic mass is 9.84. The number of amidine groups is 1. The van der Waals surface area contributed by atoms with Gasteiger partial charge in [0.1, 0.15) is 0 Å². The van der Waals surface area contributed by atoms with Gasteiger partial charge in [0.2, 0.25) is 0 Å². The molecule has 0 amide bonds. The maximum absolute atomic E-state index is 6.23. The van der Waals surface area contributed by atoms with Crippen molar-refractivity contribution < 1.29 is 0 Å². The molecule has 0 saturated carbocycles. The summed E-state index contributed by atoms with van der Waals surface area (Å²) < 4.78 is 1.14. The monoisotopic (exact) mass is 408 g/mol. The third kappa shape index (κ3) is 3.79. The van der Waals surface area contributed by atoms with Crippen LogP contribution in [0, 0.1) is 8.99 Å². The second-order valence-corrected chi connectivity index (χ2v) is 7.48. The number of rotatable bonds is 3. The van der Waals surface area contributed by atoms with Gasteiger partial charge >= 0.3 is 0 Å². The predicted molar refractivity (Wildman–Crippen MR) is 95.6 cm³/mol. The van der Waals surface area contributed by atoms with E-state index in [1.165, 1.54) is 12.8 Å². The molecule has 19 heavy (non-hydrogen) atoms. The van der Waals surface area contributed by atoms with Crippen molar-refractivity contribution in [1.82, 2.24) is 0 Å². The van der Waals surface area contributed by atoms with Crippen molar-refractivity contribution in [1.29, 1.82) is 0 Å². The molecule has 1 N–H and O–H groups in total. The molecule has 1 aromatic carbocycles. The first-order chi connectivity index (χ1) is 9.08. The molecule has 0 unspecified atom stereocenters. The Hall–Kier alpha value is 0.0600. The van der Waals surface area contributed by atoms with Gasteiger partial charge in [0.05, 0.1) is 10.7 Å². The summed E-state index contributed by atoms with van der Waals surface area (Å²) in [6.45, 7) is 5.43. The van der Waals surface area contributed by atoms with Gasteiger partial charge < -0.3 is 5.32 Å². The SMILES string of the molecule is CCC1(CC)CN=C(Nc2ccc(I)cc2Cl)SC1. The average molecular weight is 409 g/mol. The fraction of sp³-hybridized carbons (Fsp3) is 0.500. The van der Waals surface area contributed by atoms with Crippen molar-refractivity contribution in [2.24, 2.45) is 10.4 Å². The molecule has 0 aromatic heterocycles. The quantitative estimate of drug-likeness (QED) is 0.689. The van der Waals surface area contributed by atoms with Crippen molar-refractivity contribution in [3.8, 4) is 0 Å². The third-order valence-corrected chi connectivity index (χ3v) is 5.99. The van der Waals surface area contributed by atoms with Gasteiger partial charge in [0.25, 0.3) is 0 Å². The molecule has 1 aliphatic rings. The lowest BCUT2D eigenvalue weighted by Crippen LogP contribution is -2.32. The topological polar surface area (TPSA) is 24.4 Å². The number of nitrogens with one attached hydrogen (secondary N) is 1. The molecular formula is C14H18ClIN2S. The molecule has 5 heteroatoms. The lowest BCUT2D eigenvalue weighted by Gasteiger charge is -2.33. The van der Waals surface area contributed by atoms with Crippen LogP contribution in [0.3, 0.4) is 0 Å². The number of hydrogen-bond acceptors (Lipinski definition) is 3. The van der Waals surface area contributed by atoms with E-state index in [4.69, 9.17) is 16.6 Å². The second kappa shape index (κ2) is 6.68. The average Bonchev–Trinajstić information content (AvgIpc) is 2.43. The molecule has 0 aliphatic carbocycles. The van der Waals surface area contributed by atoms with Gasteiger partial charge in [-0.3, -0.25) is 4.99 Å². The molecule has 0 spiro atoms. The summed E-state index contributed by atoms with van der Waals surface area (Å²) in [7, 11) is 0. The first-order valence-electron chi connectivity index (χ1n) is 6.48. The van der Waals surface area contributed by atoms with Crippen LogP contribution in [0.5, 0.6) is 0 Å². The van der Waals surface area contributed by atoms with Crippen LogP contribution >= 0.6 is 46.0 Å². The highest BCUT2D eigenvalue weighted by Gasteiger charge is 2.30. The zero-order chi connectivity index (χ0) is 13.9. The fourth-order valence-corrected chi connectivity index (χ4v) is 4.20. The summed E-state index contributed by atoms with van der Waals surface area (Å²) in [5.74, 6) is 1.13. The molecule has 2 nitrogen and oxygen atoms in total. The highest BCUT2D eigenvalue weighted by Crippen LogP contribution is 2.36. The van der Waals surface area contributed by atoms with E-state index in [1.54, 1.807) is 11.8 Å². The molecular weight excluding hydrogens is 391 g/mol. The number of anilines is 1. The van der Waals surface area contributed by atoms with E-state index in [0.29, 0.717) is 5.41 Å². The summed E-state index contributed by atoms with van der Waals surface area (Å²) in [5, 5.41) is 5.07.